The van der Waals surface area contributed by atoms with Crippen molar-refractivity contribution in [2.45, 2.75) is 19.9 Å². The number of aryl methyl sites for hydroxylation is 2. The van der Waals surface area contributed by atoms with Gasteiger partial charge in [0.25, 0.3) is 0 Å². The number of benzene rings is 3. The third-order valence-corrected chi connectivity index (χ3v) is 5.04. The van der Waals surface area contributed by atoms with E-state index in [-0.39, 0.29) is 6.04 Å². The van der Waals surface area contributed by atoms with Crippen LogP contribution in [0.3, 0.4) is 0 Å². The van der Waals surface area contributed by atoms with Gasteiger partial charge in [-0.1, -0.05) is 72.3 Å². The third kappa shape index (κ3) is 3.49. The van der Waals surface area contributed by atoms with Crippen molar-refractivity contribution in [3.05, 3.63) is 100 Å². The molecule has 0 saturated heterocycles. The van der Waals surface area contributed by atoms with Gasteiger partial charge in [-0.3, -0.25) is 0 Å². The van der Waals surface area contributed by atoms with Crippen LogP contribution in [-0.4, -0.2) is 20.2 Å². The van der Waals surface area contributed by atoms with Crippen LogP contribution in [0, 0.1) is 13.8 Å². The van der Waals surface area contributed by atoms with Gasteiger partial charge in [0, 0.05) is 0 Å². The summed E-state index contributed by atoms with van der Waals surface area (Å²) in [4.78, 5) is 0. The zero-order valence-electron chi connectivity index (χ0n) is 15.7. The number of hydrogen-bond acceptors (Lipinski definition) is 4. The molecule has 0 aliphatic carbocycles. The Labute approximate surface area is 169 Å². The molecule has 1 heterocycles. The fourth-order valence-corrected chi connectivity index (χ4v) is 3.54. The number of halogens is 1. The molecule has 4 rings (SSSR count). The molecule has 0 spiro atoms. The van der Waals surface area contributed by atoms with Crippen molar-refractivity contribution in [1.29, 1.82) is 0 Å². The van der Waals surface area contributed by atoms with E-state index in [1.165, 1.54) is 0 Å². The fraction of sp³-hybridized carbons (Fsp3) is 0.136. The summed E-state index contributed by atoms with van der Waals surface area (Å²) in [5.41, 5.74) is 5.08. The molecule has 1 atom stereocenters. The summed E-state index contributed by atoms with van der Waals surface area (Å²) in [7, 11) is 0. The van der Waals surface area contributed by atoms with Crippen molar-refractivity contribution < 1.29 is 0 Å². The van der Waals surface area contributed by atoms with Crippen LogP contribution in [0.15, 0.2) is 72.8 Å². The minimum absolute atomic E-state index is 0.268. The van der Waals surface area contributed by atoms with Gasteiger partial charge in [0.2, 0.25) is 0 Å². The highest BCUT2D eigenvalue weighted by Crippen LogP contribution is 2.31. The van der Waals surface area contributed by atoms with Gasteiger partial charge in [0.1, 0.15) is 6.04 Å². The molecule has 1 N–H and O–H groups in total. The SMILES string of the molecule is Cc1cccc(C)c1-n1nnnc1C(Nc1ccccc1Cl)c1ccccc1. The maximum atomic E-state index is 6.40. The largest absolute Gasteiger partial charge is 0.370 e. The maximum Gasteiger partial charge on any atom is 0.183 e. The number of tetrazole rings is 1. The molecule has 0 aliphatic rings. The average Bonchev–Trinajstić information content (AvgIpc) is 3.17. The summed E-state index contributed by atoms with van der Waals surface area (Å²) in [5, 5.41) is 16.8. The van der Waals surface area contributed by atoms with Crippen molar-refractivity contribution in [3.63, 3.8) is 0 Å². The number of nitrogens with one attached hydrogen (secondary N) is 1. The summed E-state index contributed by atoms with van der Waals surface area (Å²) in [5.74, 6) is 0.698. The van der Waals surface area contributed by atoms with Gasteiger partial charge in [-0.25, -0.2) is 0 Å². The second kappa shape index (κ2) is 7.82. The Morgan fingerprint density at radius 3 is 2.25 bits per heavy atom. The normalized spacial score (nSPS) is 12.0. The minimum Gasteiger partial charge on any atom is -0.370 e. The van der Waals surface area contributed by atoms with Gasteiger partial charge in [-0.15, -0.1) is 5.10 Å². The molecule has 4 aromatic rings. The van der Waals surface area contributed by atoms with Gasteiger partial charge in [-0.05, 0) is 53.1 Å². The van der Waals surface area contributed by atoms with Gasteiger partial charge in [-0.2, -0.15) is 4.68 Å². The number of para-hydroxylation sites is 2. The first-order chi connectivity index (χ1) is 13.6. The van der Waals surface area contributed by atoms with Gasteiger partial charge in [0.05, 0.1) is 16.4 Å². The zero-order chi connectivity index (χ0) is 19.5. The van der Waals surface area contributed by atoms with Gasteiger partial charge >= 0.3 is 0 Å². The second-order valence-electron chi connectivity index (χ2n) is 6.66. The molecule has 0 amide bonds. The Bertz CT molecular complexity index is 1070. The molecule has 0 fully saturated rings. The lowest BCUT2D eigenvalue weighted by atomic mass is 10.0. The number of hydrogen-bond donors (Lipinski definition) is 1. The molecular formula is C22H20ClN5. The Hall–Kier alpha value is -3.18. The van der Waals surface area contributed by atoms with E-state index in [1.807, 2.05) is 53.2 Å². The Kier molecular flexibility index (Phi) is 5.08. The molecule has 28 heavy (non-hydrogen) atoms. The Morgan fingerprint density at radius 1 is 0.857 bits per heavy atom. The second-order valence-corrected chi connectivity index (χ2v) is 7.06. The van der Waals surface area contributed by atoms with Crippen LogP contribution in [0.2, 0.25) is 5.02 Å². The van der Waals surface area contributed by atoms with E-state index in [2.05, 4.69) is 59.0 Å². The Balaban J connectivity index is 1.85. The smallest absolute Gasteiger partial charge is 0.183 e. The van der Waals surface area contributed by atoms with E-state index in [0.717, 1.165) is 28.1 Å². The van der Waals surface area contributed by atoms with Crippen molar-refractivity contribution >= 4 is 17.3 Å². The highest BCUT2D eigenvalue weighted by Gasteiger charge is 2.24. The molecule has 1 aromatic heterocycles. The predicted molar refractivity (Wildman–Crippen MR) is 112 cm³/mol. The standard InChI is InChI=1S/C22H20ClN5/c1-15-9-8-10-16(2)21(15)28-22(25-26-27-28)20(17-11-4-3-5-12-17)24-19-14-7-6-13-18(19)23/h3-14,20,24H,1-2H3. The van der Waals surface area contributed by atoms with E-state index in [1.54, 1.807) is 0 Å². The molecule has 140 valence electrons. The zero-order valence-corrected chi connectivity index (χ0v) is 16.4. The molecule has 6 heteroatoms. The van der Waals surface area contributed by atoms with Crippen LogP contribution in [-0.2, 0) is 0 Å². The summed E-state index contributed by atoms with van der Waals surface area (Å²) >= 11 is 6.40. The lowest BCUT2D eigenvalue weighted by Gasteiger charge is -2.21. The topological polar surface area (TPSA) is 55.6 Å². The predicted octanol–water partition coefficient (Wildman–Crippen LogP) is 5.13. The van der Waals surface area contributed by atoms with E-state index in [4.69, 9.17) is 11.6 Å². The van der Waals surface area contributed by atoms with Crippen LogP contribution in [0.5, 0.6) is 0 Å². The monoisotopic (exact) mass is 389 g/mol. The fourth-order valence-electron chi connectivity index (χ4n) is 3.35. The number of nitrogens with zero attached hydrogens (tertiary/aromatic N) is 4. The summed E-state index contributed by atoms with van der Waals surface area (Å²) in [6.07, 6.45) is 0. The first-order valence-electron chi connectivity index (χ1n) is 9.06. The first-order valence-corrected chi connectivity index (χ1v) is 9.44. The van der Waals surface area contributed by atoms with Gasteiger partial charge in [0.15, 0.2) is 5.82 Å². The number of aromatic nitrogens is 4. The lowest BCUT2D eigenvalue weighted by molar-refractivity contribution is 0.731. The van der Waals surface area contributed by atoms with Crippen LogP contribution in [0.1, 0.15) is 28.6 Å². The summed E-state index contributed by atoms with van der Waals surface area (Å²) in [6.45, 7) is 4.12. The molecule has 1 unspecified atom stereocenters. The summed E-state index contributed by atoms with van der Waals surface area (Å²) in [6, 6.07) is 23.7. The van der Waals surface area contributed by atoms with E-state index in [0.29, 0.717) is 10.8 Å². The minimum atomic E-state index is -0.268. The van der Waals surface area contributed by atoms with E-state index < -0.39 is 0 Å². The maximum absolute atomic E-state index is 6.40. The number of rotatable bonds is 5. The van der Waals surface area contributed by atoms with Crippen LogP contribution < -0.4 is 5.32 Å². The van der Waals surface area contributed by atoms with Crippen molar-refractivity contribution in [2.24, 2.45) is 0 Å². The quantitative estimate of drug-likeness (QED) is 0.513. The van der Waals surface area contributed by atoms with Crippen molar-refractivity contribution in [1.82, 2.24) is 20.2 Å². The van der Waals surface area contributed by atoms with Crippen LogP contribution >= 0.6 is 11.6 Å². The summed E-state index contributed by atoms with van der Waals surface area (Å²) < 4.78 is 1.81. The van der Waals surface area contributed by atoms with Crippen LogP contribution in [0.4, 0.5) is 5.69 Å². The molecular weight excluding hydrogens is 370 g/mol. The lowest BCUT2D eigenvalue weighted by Crippen LogP contribution is -2.19. The molecule has 0 radical (unpaired) electrons. The first kappa shape index (κ1) is 18.2. The molecule has 5 nitrogen and oxygen atoms in total. The van der Waals surface area contributed by atoms with E-state index in [9.17, 15) is 0 Å². The molecule has 0 bridgehead atoms. The highest BCUT2D eigenvalue weighted by molar-refractivity contribution is 6.33. The third-order valence-electron chi connectivity index (χ3n) is 4.71. The molecule has 3 aromatic carbocycles. The average molecular weight is 390 g/mol. The van der Waals surface area contributed by atoms with Crippen molar-refractivity contribution in [3.8, 4) is 5.69 Å². The Morgan fingerprint density at radius 2 is 1.54 bits per heavy atom. The molecule has 0 aliphatic heterocycles. The van der Waals surface area contributed by atoms with E-state index >= 15 is 0 Å². The number of anilines is 1. The molecule has 0 saturated carbocycles. The van der Waals surface area contributed by atoms with Gasteiger partial charge < -0.3 is 5.32 Å². The van der Waals surface area contributed by atoms with Crippen molar-refractivity contribution in [2.75, 3.05) is 5.32 Å². The van der Waals surface area contributed by atoms with Crippen LogP contribution in [0.25, 0.3) is 5.69 Å². The highest BCUT2D eigenvalue weighted by atomic mass is 35.5.